The summed E-state index contributed by atoms with van der Waals surface area (Å²) in [5, 5.41) is 23.4. The second kappa shape index (κ2) is 5.68. The lowest BCUT2D eigenvalue weighted by atomic mass is 9.98. The number of fused-ring (bicyclic) bond motifs is 1. The highest BCUT2D eigenvalue weighted by atomic mass is 32.2. The van der Waals surface area contributed by atoms with E-state index in [2.05, 4.69) is 10.6 Å². The normalized spacial score (nSPS) is 28.9. The molecule has 2 heterocycles. The van der Waals surface area contributed by atoms with Gasteiger partial charge in [0, 0.05) is 11.0 Å². The molecule has 2 saturated heterocycles. The van der Waals surface area contributed by atoms with Crippen molar-refractivity contribution in [2.75, 3.05) is 5.75 Å². The Bertz CT molecular complexity index is 389. The lowest BCUT2D eigenvalue weighted by Gasteiger charge is -2.17. The number of nitrogens with one attached hydrogen (secondary N) is 2. The molecule has 0 aliphatic carbocycles. The molecular formula is C11H16N2O5S. The van der Waals surface area contributed by atoms with Gasteiger partial charge in [0.05, 0.1) is 12.1 Å². The summed E-state index contributed by atoms with van der Waals surface area (Å²) in [5.41, 5.74) is 0. The van der Waals surface area contributed by atoms with Crippen LogP contribution in [0.5, 0.6) is 0 Å². The van der Waals surface area contributed by atoms with Crippen molar-refractivity contribution in [2.45, 2.75) is 36.6 Å². The highest BCUT2D eigenvalue weighted by molar-refractivity contribution is 8.00. The van der Waals surface area contributed by atoms with Crippen molar-refractivity contribution in [2.24, 2.45) is 5.92 Å². The third-order valence-electron chi connectivity index (χ3n) is 3.52. The second-order valence-corrected chi connectivity index (χ2v) is 6.05. The number of thioether (sulfide) groups is 1. The molecule has 0 aromatic carbocycles. The Balaban J connectivity index is 1.78. The van der Waals surface area contributed by atoms with Gasteiger partial charge in [-0.1, -0.05) is 6.42 Å². The molecule has 0 unspecified atom stereocenters. The topological polar surface area (TPSA) is 116 Å². The van der Waals surface area contributed by atoms with Gasteiger partial charge in [-0.25, -0.2) is 4.79 Å². The van der Waals surface area contributed by atoms with Crippen LogP contribution in [0.2, 0.25) is 0 Å². The van der Waals surface area contributed by atoms with E-state index in [4.69, 9.17) is 10.2 Å². The van der Waals surface area contributed by atoms with Crippen molar-refractivity contribution in [1.29, 1.82) is 0 Å². The maximum Gasteiger partial charge on any atom is 0.317 e. The van der Waals surface area contributed by atoms with Crippen LogP contribution in [0.4, 0.5) is 4.79 Å². The van der Waals surface area contributed by atoms with E-state index in [0.717, 1.165) is 5.75 Å². The second-order valence-electron chi connectivity index (χ2n) is 4.78. The van der Waals surface area contributed by atoms with Crippen LogP contribution in [0.25, 0.3) is 0 Å². The molecule has 0 spiro atoms. The smallest absolute Gasteiger partial charge is 0.317 e. The lowest BCUT2D eigenvalue weighted by molar-refractivity contribution is -0.154. The minimum atomic E-state index is -1.33. The van der Waals surface area contributed by atoms with E-state index in [1.165, 1.54) is 0 Å². The molecular weight excluding hydrogens is 272 g/mol. The highest BCUT2D eigenvalue weighted by Gasteiger charge is 2.42. The first-order valence-corrected chi connectivity index (χ1v) is 7.18. The SMILES string of the molecule is O=C1N[C@H]2[C@H](CCCC(C(=O)O)C(=O)O)SC[C@H]2N1. The first-order valence-electron chi connectivity index (χ1n) is 6.13. The van der Waals surface area contributed by atoms with Crippen molar-refractivity contribution in [3.63, 3.8) is 0 Å². The summed E-state index contributed by atoms with van der Waals surface area (Å²) in [5.74, 6) is -3.07. The van der Waals surface area contributed by atoms with Gasteiger partial charge in [-0.15, -0.1) is 0 Å². The van der Waals surface area contributed by atoms with Crippen LogP contribution in [0.1, 0.15) is 19.3 Å². The number of carboxylic acids is 2. The number of urea groups is 1. The average Bonchev–Trinajstić information content (AvgIpc) is 2.83. The highest BCUT2D eigenvalue weighted by Crippen LogP contribution is 2.33. The molecule has 0 aromatic rings. The molecule has 3 atom stereocenters. The van der Waals surface area contributed by atoms with Gasteiger partial charge in [-0.3, -0.25) is 9.59 Å². The fourth-order valence-electron chi connectivity index (χ4n) is 2.52. The summed E-state index contributed by atoms with van der Waals surface area (Å²) in [4.78, 5) is 32.7. The van der Waals surface area contributed by atoms with Crippen molar-refractivity contribution >= 4 is 29.7 Å². The van der Waals surface area contributed by atoms with Crippen LogP contribution in [0.3, 0.4) is 0 Å². The third kappa shape index (κ3) is 3.12. The number of amides is 2. The standard InChI is InChI=1S/C11H16N2O5S/c14-9(15)5(10(16)17)2-1-3-7-8-6(4-19-7)12-11(18)13-8/h5-8H,1-4H2,(H,14,15)(H,16,17)(H2,12,13,18)/t6-,7+,8-/m1/s1. The lowest BCUT2D eigenvalue weighted by Crippen LogP contribution is -2.37. The number of carboxylic acid groups (broad SMARTS) is 2. The first kappa shape index (κ1) is 14.0. The van der Waals surface area contributed by atoms with E-state index in [1.807, 2.05) is 0 Å². The molecule has 19 heavy (non-hydrogen) atoms. The van der Waals surface area contributed by atoms with Gasteiger partial charge in [0.15, 0.2) is 5.92 Å². The van der Waals surface area contributed by atoms with Crippen molar-refractivity contribution in [1.82, 2.24) is 10.6 Å². The van der Waals surface area contributed by atoms with Gasteiger partial charge in [-0.05, 0) is 12.8 Å². The van der Waals surface area contributed by atoms with E-state index < -0.39 is 17.9 Å². The number of hydrogen-bond acceptors (Lipinski definition) is 4. The van der Waals surface area contributed by atoms with Gasteiger partial charge in [0.1, 0.15) is 0 Å². The number of carbonyl (C=O) groups is 3. The zero-order valence-electron chi connectivity index (χ0n) is 10.2. The van der Waals surface area contributed by atoms with Crippen LogP contribution in [0, 0.1) is 5.92 Å². The van der Waals surface area contributed by atoms with Gasteiger partial charge < -0.3 is 20.8 Å². The molecule has 0 saturated carbocycles. The number of carbonyl (C=O) groups excluding carboxylic acids is 1. The van der Waals surface area contributed by atoms with Crippen LogP contribution >= 0.6 is 11.8 Å². The largest absolute Gasteiger partial charge is 0.481 e. The molecule has 0 radical (unpaired) electrons. The van der Waals surface area contributed by atoms with Gasteiger partial charge in [0.25, 0.3) is 0 Å². The molecule has 2 aliphatic heterocycles. The summed E-state index contributed by atoms with van der Waals surface area (Å²) >= 11 is 1.73. The van der Waals surface area contributed by atoms with Crippen LogP contribution < -0.4 is 10.6 Å². The summed E-state index contributed by atoms with van der Waals surface area (Å²) < 4.78 is 0. The minimum absolute atomic E-state index is 0.0746. The quantitative estimate of drug-likeness (QED) is 0.407. The Morgan fingerprint density at radius 3 is 2.63 bits per heavy atom. The molecule has 2 aliphatic rings. The van der Waals surface area contributed by atoms with E-state index in [1.54, 1.807) is 11.8 Å². The zero-order chi connectivity index (χ0) is 14.0. The van der Waals surface area contributed by atoms with Crippen molar-refractivity contribution in [3.8, 4) is 0 Å². The molecule has 2 fully saturated rings. The van der Waals surface area contributed by atoms with Gasteiger partial charge >= 0.3 is 18.0 Å². The molecule has 4 N–H and O–H groups in total. The Labute approximate surface area is 114 Å². The Morgan fingerprint density at radius 2 is 2.00 bits per heavy atom. The Morgan fingerprint density at radius 1 is 1.32 bits per heavy atom. The van der Waals surface area contributed by atoms with Gasteiger partial charge in [0.2, 0.25) is 0 Å². The van der Waals surface area contributed by atoms with E-state index in [0.29, 0.717) is 12.8 Å². The monoisotopic (exact) mass is 288 g/mol. The van der Waals surface area contributed by atoms with Crippen molar-refractivity contribution < 1.29 is 24.6 Å². The number of aliphatic carboxylic acids is 2. The van der Waals surface area contributed by atoms with Crippen LogP contribution in [-0.4, -0.2) is 51.3 Å². The summed E-state index contributed by atoms with van der Waals surface area (Å²) in [7, 11) is 0. The zero-order valence-corrected chi connectivity index (χ0v) is 11.0. The van der Waals surface area contributed by atoms with E-state index >= 15 is 0 Å². The average molecular weight is 288 g/mol. The fourth-order valence-corrected chi connectivity index (χ4v) is 4.06. The molecule has 0 aromatic heterocycles. The molecule has 106 valence electrons. The molecule has 0 bridgehead atoms. The summed E-state index contributed by atoms with van der Waals surface area (Å²) in [6.07, 6.45) is 1.37. The predicted octanol–water partition coefficient (Wildman–Crippen LogP) is 0.108. The molecule has 2 rings (SSSR count). The molecule has 2 amide bonds. The number of hydrogen-bond donors (Lipinski definition) is 4. The van der Waals surface area contributed by atoms with Crippen LogP contribution in [-0.2, 0) is 9.59 Å². The predicted molar refractivity (Wildman–Crippen MR) is 68.1 cm³/mol. The Hall–Kier alpha value is -1.44. The number of rotatable bonds is 6. The summed E-state index contributed by atoms with van der Waals surface area (Å²) in [6, 6.07) is 0.0529. The maximum atomic E-state index is 11.2. The van der Waals surface area contributed by atoms with Gasteiger partial charge in [-0.2, -0.15) is 11.8 Å². The molecule has 8 heteroatoms. The molecule has 7 nitrogen and oxygen atoms in total. The van der Waals surface area contributed by atoms with Crippen LogP contribution in [0.15, 0.2) is 0 Å². The summed E-state index contributed by atoms with van der Waals surface area (Å²) in [6.45, 7) is 0. The fraction of sp³-hybridized carbons (Fsp3) is 0.727. The maximum absolute atomic E-state index is 11.2. The van der Waals surface area contributed by atoms with Crippen molar-refractivity contribution in [3.05, 3.63) is 0 Å². The van der Waals surface area contributed by atoms with E-state index in [-0.39, 0.29) is 29.8 Å². The first-order chi connectivity index (χ1) is 8.99. The minimum Gasteiger partial charge on any atom is -0.481 e. The third-order valence-corrected chi connectivity index (χ3v) is 5.02. The Kier molecular flexibility index (Phi) is 4.18. The van der Waals surface area contributed by atoms with E-state index in [9.17, 15) is 14.4 Å².